The molecular weight excluding hydrogens is 190 g/mol. The van der Waals surface area contributed by atoms with Crippen molar-refractivity contribution in [2.75, 3.05) is 13.6 Å². The number of nitrogens with two attached hydrogens (primary N) is 1. The third-order valence-corrected chi connectivity index (χ3v) is 1.79. The van der Waals surface area contributed by atoms with Gasteiger partial charge in [-0.05, 0) is 31.3 Å². The molecule has 0 heterocycles. The van der Waals surface area contributed by atoms with Gasteiger partial charge in [-0.25, -0.2) is 0 Å². The van der Waals surface area contributed by atoms with Gasteiger partial charge in [-0.1, -0.05) is 17.0 Å². The molecule has 0 saturated carbocycles. The quantitative estimate of drug-likeness (QED) is 0.213. The first-order valence-electron chi connectivity index (χ1n) is 4.49. The van der Waals surface area contributed by atoms with Crippen molar-refractivity contribution in [2.24, 2.45) is 10.9 Å². The van der Waals surface area contributed by atoms with E-state index in [1.54, 1.807) is 12.1 Å². The largest absolute Gasteiger partial charge is 0.409 e. The highest BCUT2D eigenvalue weighted by Gasteiger charge is 1.96. The first kappa shape index (κ1) is 11.1. The molecule has 4 nitrogen and oxygen atoms in total. The van der Waals surface area contributed by atoms with Crippen molar-refractivity contribution in [1.82, 2.24) is 5.32 Å². The molecular formula is C11H13N3O. The minimum Gasteiger partial charge on any atom is -0.409 e. The van der Waals surface area contributed by atoms with E-state index in [0.29, 0.717) is 12.1 Å². The Balaban J connectivity index is 2.78. The third kappa shape index (κ3) is 3.33. The van der Waals surface area contributed by atoms with E-state index < -0.39 is 0 Å². The molecule has 15 heavy (non-hydrogen) atoms. The van der Waals surface area contributed by atoms with Gasteiger partial charge in [-0.2, -0.15) is 0 Å². The zero-order valence-corrected chi connectivity index (χ0v) is 8.49. The molecule has 1 aromatic carbocycles. The molecule has 4 heteroatoms. The zero-order valence-electron chi connectivity index (χ0n) is 8.49. The van der Waals surface area contributed by atoms with Crippen LogP contribution in [0, 0.1) is 11.8 Å². The monoisotopic (exact) mass is 203 g/mol. The summed E-state index contributed by atoms with van der Waals surface area (Å²) < 4.78 is 0. The van der Waals surface area contributed by atoms with Crippen molar-refractivity contribution in [3.8, 4) is 11.8 Å². The maximum Gasteiger partial charge on any atom is 0.170 e. The summed E-state index contributed by atoms with van der Waals surface area (Å²) in [6.45, 7) is 0.655. The molecule has 0 amide bonds. The molecule has 0 radical (unpaired) electrons. The van der Waals surface area contributed by atoms with Gasteiger partial charge in [0.1, 0.15) is 0 Å². The summed E-state index contributed by atoms with van der Waals surface area (Å²) in [5.74, 6) is 6.02. The zero-order chi connectivity index (χ0) is 11.1. The van der Waals surface area contributed by atoms with E-state index >= 15 is 0 Å². The lowest BCUT2D eigenvalue weighted by atomic mass is 10.1. The van der Waals surface area contributed by atoms with E-state index in [4.69, 9.17) is 10.9 Å². The average Bonchev–Trinajstić information content (AvgIpc) is 2.29. The number of amidine groups is 1. The number of hydrogen-bond donors (Lipinski definition) is 3. The van der Waals surface area contributed by atoms with Crippen LogP contribution in [0.5, 0.6) is 0 Å². The van der Waals surface area contributed by atoms with Gasteiger partial charge in [0.05, 0.1) is 6.54 Å². The van der Waals surface area contributed by atoms with Gasteiger partial charge in [0.15, 0.2) is 5.84 Å². The second-order valence-electron chi connectivity index (χ2n) is 2.89. The smallest absolute Gasteiger partial charge is 0.170 e. The Kier molecular flexibility index (Phi) is 4.20. The van der Waals surface area contributed by atoms with Gasteiger partial charge in [-0.15, -0.1) is 0 Å². The van der Waals surface area contributed by atoms with Gasteiger partial charge >= 0.3 is 0 Å². The van der Waals surface area contributed by atoms with Crippen LogP contribution in [-0.2, 0) is 0 Å². The summed E-state index contributed by atoms with van der Waals surface area (Å²) in [6, 6.07) is 7.18. The fraction of sp³-hybridized carbons (Fsp3) is 0.182. The Morgan fingerprint density at radius 2 is 2.13 bits per heavy atom. The minimum atomic E-state index is 0.102. The second-order valence-corrected chi connectivity index (χ2v) is 2.89. The molecule has 0 atom stereocenters. The standard InChI is InChI=1S/C11H13N3O/c1-13-8-2-3-9-4-6-10(7-5-9)11(12)14-15/h4-7,13,15H,8H2,1H3,(H2,12,14). The van der Waals surface area contributed by atoms with Crippen LogP contribution in [0.1, 0.15) is 11.1 Å². The van der Waals surface area contributed by atoms with E-state index in [1.807, 2.05) is 19.2 Å². The first-order valence-corrected chi connectivity index (χ1v) is 4.49. The summed E-state index contributed by atoms with van der Waals surface area (Å²) in [5.41, 5.74) is 7.00. The molecule has 0 aliphatic rings. The number of rotatable bonds is 2. The van der Waals surface area contributed by atoms with E-state index in [9.17, 15) is 0 Å². The second kappa shape index (κ2) is 5.68. The maximum absolute atomic E-state index is 8.46. The summed E-state index contributed by atoms with van der Waals surface area (Å²) >= 11 is 0. The van der Waals surface area contributed by atoms with Gasteiger partial charge in [-0.3, -0.25) is 0 Å². The SMILES string of the molecule is CNCC#Cc1ccc(C(N)=NO)cc1. The van der Waals surface area contributed by atoms with Crippen molar-refractivity contribution >= 4 is 5.84 Å². The van der Waals surface area contributed by atoms with Crippen LogP contribution < -0.4 is 11.1 Å². The maximum atomic E-state index is 8.46. The molecule has 4 N–H and O–H groups in total. The van der Waals surface area contributed by atoms with E-state index in [1.165, 1.54) is 0 Å². The van der Waals surface area contributed by atoms with Gasteiger partial charge in [0.2, 0.25) is 0 Å². The molecule has 1 rings (SSSR count). The number of benzene rings is 1. The molecule has 0 fully saturated rings. The first-order chi connectivity index (χ1) is 7.27. The molecule has 0 aromatic heterocycles. The van der Waals surface area contributed by atoms with E-state index in [0.717, 1.165) is 5.56 Å². The lowest BCUT2D eigenvalue weighted by Gasteiger charge is -1.97. The number of hydrogen-bond acceptors (Lipinski definition) is 3. The highest BCUT2D eigenvalue weighted by Crippen LogP contribution is 2.02. The van der Waals surface area contributed by atoms with Crippen LogP contribution in [0.4, 0.5) is 0 Å². The predicted molar refractivity (Wildman–Crippen MR) is 59.8 cm³/mol. The summed E-state index contributed by atoms with van der Waals surface area (Å²) in [6.07, 6.45) is 0. The molecule has 78 valence electrons. The summed E-state index contributed by atoms with van der Waals surface area (Å²) in [4.78, 5) is 0. The third-order valence-electron chi connectivity index (χ3n) is 1.79. The molecule has 0 aliphatic heterocycles. The van der Waals surface area contributed by atoms with Crippen molar-refractivity contribution < 1.29 is 5.21 Å². The van der Waals surface area contributed by atoms with Gasteiger partial charge < -0.3 is 16.3 Å². The summed E-state index contributed by atoms with van der Waals surface area (Å²) in [7, 11) is 1.84. The van der Waals surface area contributed by atoms with Crippen LogP contribution in [-0.4, -0.2) is 24.6 Å². The normalized spacial score (nSPS) is 10.6. The van der Waals surface area contributed by atoms with Crippen molar-refractivity contribution in [1.29, 1.82) is 0 Å². The molecule has 1 aromatic rings. The highest BCUT2D eigenvalue weighted by atomic mass is 16.4. The number of nitrogens with zero attached hydrogens (tertiary/aromatic N) is 1. The van der Waals surface area contributed by atoms with E-state index in [2.05, 4.69) is 22.3 Å². The van der Waals surface area contributed by atoms with Gasteiger partial charge in [0.25, 0.3) is 0 Å². The number of oxime groups is 1. The van der Waals surface area contributed by atoms with Crippen LogP contribution >= 0.6 is 0 Å². The average molecular weight is 203 g/mol. The van der Waals surface area contributed by atoms with Crippen molar-refractivity contribution in [2.45, 2.75) is 0 Å². The Hall–Kier alpha value is -1.99. The lowest BCUT2D eigenvalue weighted by Crippen LogP contribution is -2.12. The van der Waals surface area contributed by atoms with Gasteiger partial charge in [0, 0.05) is 11.1 Å². The topological polar surface area (TPSA) is 70.6 Å². The van der Waals surface area contributed by atoms with Crippen LogP contribution in [0.2, 0.25) is 0 Å². The minimum absolute atomic E-state index is 0.102. The Bertz CT molecular complexity index is 398. The number of nitrogens with one attached hydrogen (secondary N) is 1. The molecule has 0 aliphatic carbocycles. The lowest BCUT2D eigenvalue weighted by molar-refractivity contribution is 0.318. The fourth-order valence-electron chi connectivity index (χ4n) is 1.02. The van der Waals surface area contributed by atoms with Crippen molar-refractivity contribution in [3.63, 3.8) is 0 Å². The van der Waals surface area contributed by atoms with Crippen LogP contribution in [0.15, 0.2) is 29.4 Å². The summed E-state index contributed by atoms with van der Waals surface area (Å²) in [5, 5.41) is 14.3. The predicted octanol–water partition coefficient (Wildman–Crippen LogP) is 0.352. The van der Waals surface area contributed by atoms with Crippen LogP contribution in [0.25, 0.3) is 0 Å². The Labute approximate surface area is 88.8 Å². The molecule has 0 spiro atoms. The Morgan fingerprint density at radius 3 is 2.67 bits per heavy atom. The Morgan fingerprint density at radius 1 is 1.47 bits per heavy atom. The fourth-order valence-corrected chi connectivity index (χ4v) is 1.02. The van der Waals surface area contributed by atoms with E-state index in [-0.39, 0.29) is 5.84 Å². The van der Waals surface area contributed by atoms with Crippen LogP contribution in [0.3, 0.4) is 0 Å². The van der Waals surface area contributed by atoms with Crippen molar-refractivity contribution in [3.05, 3.63) is 35.4 Å². The molecule has 0 saturated heterocycles. The molecule has 0 bridgehead atoms. The highest BCUT2D eigenvalue weighted by molar-refractivity contribution is 5.97. The molecule has 0 unspecified atom stereocenters.